The summed E-state index contributed by atoms with van der Waals surface area (Å²) in [7, 11) is 0. The molecule has 0 aromatic heterocycles. The molecule has 472 valence electrons. The highest BCUT2D eigenvalue weighted by molar-refractivity contribution is 5.76. The average Bonchev–Trinajstić information content (AvgIpc) is 3.47. The van der Waals surface area contributed by atoms with Gasteiger partial charge < -0.3 is 89.9 Å². The summed E-state index contributed by atoms with van der Waals surface area (Å²) in [6, 6.07) is -0.998. The summed E-state index contributed by atoms with van der Waals surface area (Å²) in [6.07, 6.45) is 23.7. The third-order valence-corrected chi connectivity index (χ3v) is 15.6. The molecule has 3 aliphatic heterocycles. The van der Waals surface area contributed by atoms with Crippen LogP contribution in [0.2, 0.25) is 0 Å². The SMILES string of the molecule is CCCCCCCC/C=C\CCCCCCCCCC(=O)NC(COC1OC(CO)C(OC2OC(CO)C(OC3OC(CO)C(O)C(O)C3O)C(O)C2O)C(O)C1O)C(O)/C=C/CC/C=C/CC/C=C/CCCCCCCCCCC. The fourth-order valence-corrected chi connectivity index (χ4v) is 10.4. The third-order valence-electron chi connectivity index (χ3n) is 15.6. The summed E-state index contributed by atoms with van der Waals surface area (Å²) in [6.45, 7) is 1.68. The van der Waals surface area contributed by atoms with Gasteiger partial charge in [-0.25, -0.2) is 0 Å². The zero-order valence-electron chi connectivity index (χ0n) is 49.3. The van der Waals surface area contributed by atoms with Gasteiger partial charge in [-0.1, -0.05) is 178 Å². The summed E-state index contributed by atoms with van der Waals surface area (Å²) >= 11 is 0. The maximum absolute atomic E-state index is 13.3. The van der Waals surface area contributed by atoms with E-state index in [1.165, 1.54) is 116 Å². The van der Waals surface area contributed by atoms with Gasteiger partial charge in [0.05, 0.1) is 38.6 Å². The van der Waals surface area contributed by atoms with Crippen LogP contribution in [0.4, 0.5) is 0 Å². The van der Waals surface area contributed by atoms with Crippen LogP contribution in [0.3, 0.4) is 0 Å². The van der Waals surface area contributed by atoms with Gasteiger partial charge in [0.25, 0.3) is 0 Å². The van der Waals surface area contributed by atoms with Crippen LogP contribution < -0.4 is 5.32 Å². The normalized spacial score (nSPS) is 30.1. The van der Waals surface area contributed by atoms with Crippen molar-refractivity contribution in [3.63, 3.8) is 0 Å². The van der Waals surface area contributed by atoms with Gasteiger partial charge in [-0.3, -0.25) is 4.79 Å². The van der Waals surface area contributed by atoms with E-state index in [0.29, 0.717) is 12.8 Å². The fraction of sp³-hybridized carbons (Fsp3) is 0.855. The number of allylic oxidation sites excluding steroid dienone is 7. The number of rotatable bonds is 46. The highest BCUT2D eigenvalue weighted by Gasteiger charge is 2.53. The van der Waals surface area contributed by atoms with E-state index in [9.17, 15) is 61.0 Å². The van der Waals surface area contributed by atoms with Crippen molar-refractivity contribution in [2.45, 2.75) is 311 Å². The molecule has 3 heterocycles. The molecule has 19 heteroatoms. The molecule has 19 nitrogen and oxygen atoms in total. The van der Waals surface area contributed by atoms with E-state index in [2.05, 4.69) is 55.6 Å². The van der Waals surface area contributed by atoms with Gasteiger partial charge in [0, 0.05) is 6.42 Å². The Morgan fingerprint density at radius 1 is 0.432 bits per heavy atom. The molecule has 0 saturated carbocycles. The highest BCUT2D eigenvalue weighted by Crippen LogP contribution is 2.33. The quantitative estimate of drug-likeness (QED) is 0.0236. The van der Waals surface area contributed by atoms with Gasteiger partial charge >= 0.3 is 0 Å². The van der Waals surface area contributed by atoms with Crippen LogP contribution in [0.25, 0.3) is 0 Å². The second kappa shape index (κ2) is 45.1. The Kier molecular flexibility index (Phi) is 40.7. The Morgan fingerprint density at radius 2 is 0.790 bits per heavy atom. The zero-order chi connectivity index (χ0) is 59.0. The standard InChI is InChI=1S/C62H111NO18/c1-3-5-7-9-11-13-15-17-19-21-22-24-25-27-29-31-33-35-37-39-46(67)45(63-50(68)40-38-36-34-32-30-28-26-23-20-18-16-14-12-10-8-6-4-2)44-76-60-56(74)53(71)58(48(42-65)78-60)81-62-57(75)54(72)59(49(43-66)79-62)80-61-55(73)52(70)51(69)47(41-64)77-61/h18,20,22,24,29,31,37,39,45-49,51-62,64-67,69-75H,3-17,19,21,23,25-28,30,32-36,38,40-44H2,1-2H3,(H,63,68)/b20-18-,24-22+,31-29+,39-37+. The van der Waals surface area contributed by atoms with E-state index < -0.39 is 124 Å². The number of nitrogens with one attached hydrogen (secondary N) is 1. The summed E-state index contributed by atoms with van der Waals surface area (Å²) in [5, 5.41) is 120. The second-order valence-corrected chi connectivity index (χ2v) is 22.5. The monoisotopic (exact) mass is 1160 g/mol. The molecule has 1 amide bonds. The molecule has 0 spiro atoms. The smallest absolute Gasteiger partial charge is 0.220 e. The van der Waals surface area contributed by atoms with Crippen molar-refractivity contribution in [2.24, 2.45) is 0 Å². The summed E-state index contributed by atoms with van der Waals surface area (Å²) < 4.78 is 34.2. The highest BCUT2D eigenvalue weighted by atomic mass is 16.8. The van der Waals surface area contributed by atoms with Crippen LogP contribution in [0, 0.1) is 0 Å². The van der Waals surface area contributed by atoms with Crippen molar-refractivity contribution in [3.05, 3.63) is 48.6 Å². The number of unbranched alkanes of at least 4 members (excludes halogenated alkanes) is 24. The maximum atomic E-state index is 13.3. The average molecular weight is 1160 g/mol. The molecule has 0 radical (unpaired) electrons. The minimum absolute atomic E-state index is 0.226. The van der Waals surface area contributed by atoms with E-state index >= 15 is 0 Å². The van der Waals surface area contributed by atoms with Crippen molar-refractivity contribution in [2.75, 3.05) is 26.4 Å². The molecule has 0 aliphatic carbocycles. The molecular weight excluding hydrogens is 1050 g/mol. The lowest BCUT2D eigenvalue weighted by Gasteiger charge is -2.48. The summed E-state index contributed by atoms with van der Waals surface area (Å²) in [4.78, 5) is 13.3. The van der Waals surface area contributed by atoms with Gasteiger partial charge in [-0.05, 0) is 70.6 Å². The number of carbonyl (C=O) groups excluding carboxylic acids is 1. The van der Waals surface area contributed by atoms with Gasteiger partial charge in [-0.2, -0.15) is 0 Å². The number of ether oxygens (including phenoxy) is 6. The fourth-order valence-electron chi connectivity index (χ4n) is 10.4. The lowest BCUT2D eigenvalue weighted by molar-refractivity contribution is -0.379. The number of aliphatic hydroxyl groups excluding tert-OH is 11. The Morgan fingerprint density at radius 3 is 1.23 bits per heavy atom. The topological polar surface area (TPSA) is 307 Å². The minimum Gasteiger partial charge on any atom is -0.394 e. The Bertz CT molecular complexity index is 1670. The molecule has 3 fully saturated rings. The second-order valence-electron chi connectivity index (χ2n) is 22.5. The van der Waals surface area contributed by atoms with Crippen molar-refractivity contribution in [1.29, 1.82) is 0 Å². The van der Waals surface area contributed by atoms with Crippen molar-refractivity contribution in [1.82, 2.24) is 5.32 Å². The number of hydrogen-bond acceptors (Lipinski definition) is 18. The number of hydrogen-bond donors (Lipinski definition) is 12. The predicted octanol–water partition coefficient (Wildman–Crippen LogP) is 6.26. The molecule has 3 aliphatic rings. The van der Waals surface area contributed by atoms with Crippen molar-refractivity contribution < 1.29 is 89.4 Å². The molecule has 17 atom stereocenters. The van der Waals surface area contributed by atoms with Crippen molar-refractivity contribution >= 4 is 5.91 Å². The first kappa shape index (κ1) is 73.0. The largest absolute Gasteiger partial charge is 0.394 e. The number of aliphatic hydroxyl groups is 11. The maximum Gasteiger partial charge on any atom is 0.220 e. The molecule has 0 bridgehead atoms. The Balaban J connectivity index is 1.51. The van der Waals surface area contributed by atoms with E-state index in [1.54, 1.807) is 6.08 Å². The van der Waals surface area contributed by atoms with E-state index in [1.807, 2.05) is 6.08 Å². The number of amides is 1. The van der Waals surface area contributed by atoms with Crippen LogP contribution >= 0.6 is 0 Å². The van der Waals surface area contributed by atoms with E-state index in [0.717, 1.165) is 57.8 Å². The van der Waals surface area contributed by atoms with Gasteiger partial charge in [-0.15, -0.1) is 0 Å². The van der Waals surface area contributed by atoms with Crippen LogP contribution in [0.5, 0.6) is 0 Å². The summed E-state index contributed by atoms with van der Waals surface area (Å²) in [5.41, 5.74) is 0. The number of carbonyl (C=O) groups is 1. The van der Waals surface area contributed by atoms with Crippen LogP contribution in [0.15, 0.2) is 48.6 Å². The molecular formula is C62H111NO18. The van der Waals surface area contributed by atoms with Gasteiger partial charge in [0.2, 0.25) is 5.91 Å². The minimum atomic E-state index is -1.98. The lowest BCUT2D eigenvalue weighted by atomic mass is 9.96. The molecule has 12 N–H and O–H groups in total. The molecule has 0 aromatic rings. The molecule has 17 unspecified atom stereocenters. The Labute approximate surface area is 484 Å². The molecule has 0 aromatic carbocycles. The molecule has 3 rings (SSSR count). The first-order valence-electron chi connectivity index (χ1n) is 31.4. The predicted molar refractivity (Wildman–Crippen MR) is 309 cm³/mol. The first-order chi connectivity index (χ1) is 39.3. The molecule has 3 saturated heterocycles. The summed E-state index contributed by atoms with van der Waals surface area (Å²) in [5.74, 6) is -0.295. The third kappa shape index (κ3) is 28.7. The lowest BCUT2D eigenvalue weighted by Crippen LogP contribution is -2.66. The van der Waals surface area contributed by atoms with Gasteiger partial charge in [0.15, 0.2) is 18.9 Å². The molecule has 81 heavy (non-hydrogen) atoms. The van der Waals surface area contributed by atoms with Crippen LogP contribution in [0.1, 0.15) is 206 Å². The van der Waals surface area contributed by atoms with Crippen LogP contribution in [-0.2, 0) is 33.2 Å². The van der Waals surface area contributed by atoms with E-state index in [4.69, 9.17) is 28.4 Å². The van der Waals surface area contributed by atoms with Crippen LogP contribution in [-0.4, -0.2) is 193 Å². The van der Waals surface area contributed by atoms with Gasteiger partial charge in [0.1, 0.15) is 73.2 Å². The Hall–Kier alpha value is -2.25. The van der Waals surface area contributed by atoms with E-state index in [-0.39, 0.29) is 18.9 Å². The first-order valence-corrected chi connectivity index (χ1v) is 31.4. The van der Waals surface area contributed by atoms with Crippen molar-refractivity contribution in [3.8, 4) is 0 Å². The zero-order valence-corrected chi connectivity index (χ0v) is 49.3.